The number of ether oxygens (including phenoxy) is 3. The Labute approximate surface area is 163 Å². The molecule has 0 radical (unpaired) electrons. The standard InChI is InChI=1S/C24H30O3/c1-3-20-9-13-23(14-10-20)26-18-17-25-19(2)27-24-15-11-22(12-16-24)21-7-5-4-6-8-21/h3,9-16,19,21H,1,4-8,17-18H2,2H3. The van der Waals surface area contributed by atoms with Gasteiger partial charge in [0, 0.05) is 0 Å². The molecule has 2 aromatic rings. The topological polar surface area (TPSA) is 27.7 Å². The second-order valence-electron chi connectivity index (χ2n) is 7.08. The van der Waals surface area contributed by atoms with Gasteiger partial charge < -0.3 is 14.2 Å². The van der Waals surface area contributed by atoms with Crippen LogP contribution in [0, 0.1) is 0 Å². The van der Waals surface area contributed by atoms with Crippen LogP contribution in [0.25, 0.3) is 6.08 Å². The normalized spacial score (nSPS) is 15.9. The Morgan fingerprint density at radius 3 is 2.26 bits per heavy atom. The lowest BCUT2D eigenvalue weighted by Crippen LogP contribution is -2.19. The van der Waals surface area contributed by atoms with E-state index in [1.54, 1.807) is 0 Å². The van der Waals surface area contributed by atoms with Gasteiger partial charge in [0.2, 0.25) is 0 Å². The van der Waals surface area contributed by atoms with Gasteiger partial charge in [0.15, 0.2) is 6.29 Å². The number of benzene rings is 2. The molecule has 3 rings (SSSR count). The Balaban J connectivity index is 1.37. The van der Waals surface area contributed by atoms with Gasteiger partial charge in [-0.2, -0.15) is 0 Å². The van der Waals surface area contributed by atoms with E-state index in [4.69, 9.17) is 14.2 Å². The second-order valence-corrected chi connectivity index (χ2v) is 7.08. The van der Waals surface area contributed by atoms with Crippen LogP contribution in [0.2, 0.25) is 0 Å². The van der Waals surface area contributed by atoms with Crippen LogP contribution in [0.3, 0.4) is 0 Å². The van der Waals surface area contributed by atoms with Crippen molar-refractivity contribution in [2.45, 2.75) is 51.2 Å². The Morgan fingerprint density at radius 1 is 0.926 bits per heavy atom. The van der Waals surface area contributed by atoms with Crippen molar-refractivity contribution in [3.63, 3.8) is 0 Å². The highest BCUT2D eigenvalue weighted by molar-refractivity contribution is 5.48. The number of hydrogen-bond donors (Lipinski definition) is 0. The summed E-state index contributed by atoms with van der Waals surface area (Å²) >= 11 is 0. The van der Waals surface area contributed by atoms with Gasteiger partial charge in [-0.15, -0.1) is 0 Å². The van der Waals surface area contributed by atoms with E-state index >= 15 is 0 Å². The molecular formula is C24H30O3. The minimum atomic E-state index is -0.308. The maximum Gasteiger partial charge on any atom is 0.197 e. The van der Waals surface area contributed by atoms with Crippen LogP contribution < -0.4 is 9.47 Å². The smallest absolute Gasteiger partial charge is 0.197 e. The van der Waals surface area contributed by atoms with Crippen molar-refractivity contribution in [2.75, 3.05) is 13.2 Å². The minimum absolute atomic E-state index is 0.308. The van der Waals surface area contributed by atoms with Gasteiger partial charge in [0.25, 0.3) is 0 Å². The molecular weight excluding hydrogens is 336 g/mol. The van der Waals surface area contributed by atoms with Gasteiger partial charge in [-0.1, -0.05) is 56.2 Å². The molecule has 0 saturated heterocycles. The minimum Gasteiger partial charge on any atom is -0.491 e. The third-order valence-corrected chi connectivity index (χ3v) is 5.08. The molecule has 0 aromatic heterocycles. The second kappa shape index (κ2) is 10.2. The molecule has 0 bridgehead atoms. The molecule has 0 amide bonds. The lowest BCUT2D eigenvalue weighted by molar-refractivity contribution is -0.0739. The monoisotopic (exact) mass is 366 g/mol. The summed E-state index contributed by atoms with van der Waals surface area (Å²) in [7, 11) is 0. The van der Waals surface area contributed by atoms with Crippen LogP contribution in [-0.2, 0) is 4.74 Å². The zero-order chi connectivity index (χ0) is 18.9. The lowest BCUT2D eigenvalue weighted by Gasteiger charge is -2.22. The summed E-state index contributed by atoms with van der Waals surface area (Å²) in [5.41, 5.74) is 2.52. The van der Waals surface area contributed by atoms with Crippen molar-refractivity contribution in [3.05, 3.63) is 66.2 Å². The maximum absolute atomic E-state index is 5.85. The van der Waals surface area contributed by atoms with E-state index in [1.165, 1.54) is 37.7 Å². The molecule has 3 heteroatoms. The number of hydrogen-bond acceptors (Lipinski definition) is 3. The third kappa shape index (κ3) is 6.14. The summed E-state index contributed by atoms with van der Waals surface area (Å²) in [6.45, 7) is 6.62. The molecule has 1 aliphatic rings. The SMILES string of the molecule is C=Cc1ccc(OCCOC(C)Oc2ccc(C3CCCCC3)cc2)cc1. The molecule has 1 unspecified atom stereocenters. The van der Waals surface area contributed by atoms with Crippen molar-refractivity contribution in [3.8, 4) is 11.5 Å². The highest BCUT2D eigenvalue weighted by Gasteiger charge is 2.15. The van der Waals surface area contributed by atoms with Gasteiger partial charge in [-0.3, -0.25) is 0 Å². The summed E-state index contributed by atoms with van der Waals surface area (Å²) in [6, 6.07) is 16.3. The van der Waals surface area contributed by atoms with Crippen molar-refractivity contribution in [2.24, 2.45) is 0 Å². The first-order valence-corrected chi connectivity index (χ1v) is 9.98. The quantitative estimate of drug-likeness (QED) is 0.391. The largest absolute Gasteiger partial charge is 0.491 e. The van der Waals surface area contributed by atoms with Crippen LogP contribution in [0.4, 0.5) is 0 Å². The zero-order valence-corrected chi connectivity index (χ0v) is 16.2. The highest BCUT2D eigenvalue weighted by atomic mass is 16.7. The maximum atomic E-state index is 5.85. The fourth-order valence-corrected chi connectivity index (χ4v) is 3.55. The molecule has 1 fully saturated rings. The third-order valence-electron chi connectivity index (χ3n) is 5.08. The number of rotatable bonds is 9. The highest BCUT2D eigenvalue weighted by Crippen LogP contribution is 2.33. The van der Waals surface area contributed by atoms with Gasteiger partial charge >= 0.3 is 0 Å². The molecule has 1 aliphatic carbocycles. The first-order chi connectivity index (χ1) is 13.2. The fourth-order valence-electron chi connectivity index (χ4n) is 3.55. The van der Waals surface area contributed by atoms with Gasteiger partial charge in [0.1, 0.15) is 18.1 Å². The van der Waals surface area contributed by atoms with Gasteiger partial charge in [-0.05, 0) is 61.1 Å². The van der Waals surface area contributed by atoms with Gasteiger partial charge in [-0.25, -0.2) is 0 Å². The van der Waals surface area contributed by atoms with Crippen LogP contribution >= 0.6 is 0 Å². The van der Waals surface area contributed by atoms with Crippen molar-refractivity contribution < 1.29 is 14.2 Å². The molecule has 0 N–H and O–H groups in total. The summed E-state index contributed by atoms with van der Waals surface area (Å²) < 4.78 is 17.2. The predicted molar refractivity (Wildman–Crippen MR) is 110 cm³/mol. The fraction of sp³-hybridized carbons (Fsp3) is 0.417. The van der Waals surface area contributed by atoms with Crippen LogP contribution in [0.15, 0.2) is 55.1 Å². The van der Waals surface area contributed by atoms with Crippen LogP contribution in [0.1, 0.15) is 56.1 Å². The molecule has 0 spiro atoms. The van der Waals surface area contributed by atoms with E-state index in [-0.39, 0.29) is 6.29 Å². The van der Waals surface area contributed by atoms with E-state index in [0.29, 0.717) is 13.2 Å². The average Bonchev–Trinajstić information content (AvgIpc) is 2.73. The molecule has 144 valence electrons. The Bertz CT molecular complexity index is 685. The van der Waals surface area contributed by atoms with Crippen molar-refractivity contribution in [1.82, 2.24) is 0 Å². The summed E-state index contributed by atoms with van der Waals surface area (Å²) in [5.74, 6) is 2.40. The molecule has 3 nitrogen and oxygen atoms in total. The predicted octanol–water partition coefficient (Wildman–Crippen LogP) is 6.20. The Hall–Kier alpha value is -2.26. The van der Waals surface area contributed by atoms with Crippen molar-refractivity contribution in [1.29, 1.82) is 0 Å². The first-order valence-electron chi connectivity index (χ1n) is 9.98. The van der Waals surface area contributed by atoms with E-state index in [1.807, 2.05) is 37.3 Å². The summed E-state index contributed by atoms with van der Waals surface area (Å²) in [5, 5.41) is 0. The molecule has 0 aliphatic heterocycles. The molecule has 1 saturated carbocycles. The average molecular weight is 367 g/mol. The molecule has 2 aromatic carbocycles. The van der Waals surface area contributed by atoms with Crippen LogP contribution in [-0.4, -0.2) is 19.5 Å². The first kappa shape index (κ1) is 19.5. The van der Waals surface area contributed by atoms with E-state index in [9.17, 15) is 0 Å². The van der Waals surface area contributed by atoms with Crippen molar-refractivity contribution >= 4 is 6.08 Å². The van der Waals surface area contributed by atoms with E-state index < -0.39 is 0 Å². The van der Waals surface area contributed by atoms with E-state index in [0.717, 1.165) is 23.0 Å². The summed E-state index contributed by atoms with van der Waals surface area (Å²) in [4.78, 5) is 0. The molecule has 27 heavy (non-hydrogen) atoms. The molecule has 0 heterocycles. The zero-order valence-electron chi connectivity index (χ0n) is 16.2. The lowest BCUT2D eigenvalue weighted by atomic mass is 9.84. The summed E-state index contributed by atoms with van der Waals surface area (Å²) in [6.07, 6.45) is 8.23. The van der Waals surface area contributed by atoms with Gasteiger partial charge in [0.05, 0.1) is 6.61 Å². The Kier molecular flexibility index (Phi) is 7.35. The Morgan fingerprint density at radius 2 is 1.59 bits per heavy atom. The van der Waals surface area contributed by atoms with E-state index in [2.05, 4.69) is 30.8 Å². The van der Waals surface area contributed by atoms with Crippen LogP contribution in [0.5, 0.6) is 11.5 Å². The molecule has 1 atom stereocenters.